The van der Waals surface area contributed by atoms with Gasteiger partial charge in [-0.1, -0.05) is 6.07 Å². The van der Waals surface area contributed by atoms with Crippen LogP contribution in [-0.4, -0.2) is 43.6 Å². The number of hydrogen-bond donors (Lipinski definition) is 2. The fourth-order valence-electron chi connectivity index (χ4n) is 3.19. The van der Waals surface area contributed by atoms with Crippen LogP contribution in [0.5, 0.6) is 0 Å². The smallest absolute Gasteiger partial charge is 0.191 e. The van der Waals surface area contributed by atoms with Crippen molar-refractivity contribution in [2.24, 2.45) is 16.8 Å². The Kier molecular flexibility index (Phi) is 6.34. The molecule has 1 aromatic heterocycles. The molecule has 0 radical (unpaired) electrons. The van der Waals surface area contributed by atoms with Crippen LogP contribution in [0.2, 0.25) is 0 Å². The fourth-order valence-corrected chi connectivity index (χ4v) is 3.94. The van der Waals surface area contributed by atoms with Crippen molar-refractivity contribution in [2.45, 2.75) is 39.2 Å². The first-order chi connectivity index (χ1) is 11.3. The van der Waals surface area contributed by atoms with Crippen molar-refractivity contribution in [1.29, 1.82) is 0 Å². The Labute approximate surface area is 144 Å². The highest BCUT2D eigenvalue weighted by molar-refractivity contribution is 7.09. The first kappa shape index (κ1) is 16.8. The van der Waals surface area contributed by atoms with Gasteiger partial charge in [0.05, 0.1) is 0 Å². The van der Waals surface area contributed by atoms with Crippen LogP contribution in [0.4, 0.5) is 0 Å². The van der Waals surface area contributed by atoms with Crippen molar-refractivity contribution in [2.75, 3.05) is 32.7 Å². The third-order valence-corrected chi connectivity index (χ3v) is 5.53. The molecule has 1 aliphatic carbocycles. The number of guanidine groups is 1. The molecule has 0 amide bonds. The van der Waals surface area contributed by atoms with Crippen LogP contribution < -0.4 is 10.6 Å². The van der Waals surface area contributed by atoms with Crippen LogP contribution >= 0.6 is 11.3 Å². The van der Waals surface area contributed by atoms with Gasteiger partial charge in [0.15, 0.2) is 5.96 Å². The Morgan fingerprint density at radius 1 is 1.30 bits per heavy atom. The molecule has 2 heterocycles. The summed E-state index contributed by atoms with van der Waals surface area (Å²) in [5.74, 6) is 2.59. The van der Waals surface area contributed by atoms with Gasteiger partial charge in [0.25, 0.3) is 0 Å². The molecule has 2 aliphatic rings. The predicted molar refractivity (Wildman–Crippen MR) is 99.0 cm³/mol. The number of aliphatic imine (C=N–C) groups is 1. The summed E-state index contributed by atoms with van der Waals surface area (Å²) in [4.78, 5) is 8.92. The molecule has 0 spiro atoms. The summed E-state index contributed by atoms with van der Waals surface area (Å²) in [5.41, 5.74) is 0. The minimum Gasteiger partial charge on any atom is -0.357 e. The molecule has 1 aromatic rings. The number of nitrogens with one attached hydrogen (secondary N) is 2. The van der Waals surface area contributed by atoms with Crippen molar-refractivity contribution in [3.63, 3.8) is 0 Å². The third kappa shape index (κ3) is 5.81. The summed E-state index contributed by atoms with van der Waals surface area (Å²) in [7, 11) is 0. The molecule has 2 N–H and O–H groups in total. The largest absolute Gasteiger partial charge is 0.357 e. The first-order valence-electron chi connectivity index (χ1n) is 9.10. The Morgan fingerprint density at radius 3 is 2.96 bits per heavy atom. The molecule has 2 fully saturated rings. The van der Waals surface area contributed by atoms with Gasteiger partial charge in [-0.05, 0) is 62.4 Å². The lowest BCUT2D eigenvalue weighted by Gasteiger charge is -2.31. The summed E-state index contributed by atoms with van der Waals surface area (Å²) in [5, 5.41) is 9.05. The van der Waals surface area contributed by atoms with Gasteiger partial charge < -0.3 is 10.6 Å². The summed E-state index contributed by atoms with van der Waals surface area (Å²) in [6.07, 6.45) is 5.38. The van der Waals surface area contributed by atoms with Crippen molar-refractivity contribution < 1.29 is 0 Å². The van der Waals surface area contributed by atoms with E-state index in [0.29, 0.717) is 5.92 Å². The summed E-state index contributed by atoms with van der Waals surface area (Å²) >= 11 is 1.87. The van der Waals surface area contributed by atoms with E-state index in [-0.39, 0.29) is 0 Å². The van der Waals surface area contributed by atoms with E-state index in [0.717, 1.165) is 38.1 Å². The zero-order valence-electron chi connectivity index (χ0n) is 14.3. The van der Waals surface area contributed by atoms with E-state index in [1.807, 2.05) is 11.3 Å². The maximum Gasteiger partial charge on any atom is 0.191 e. The van der Waals surface area contributed by atoms with Crippen molar-refractivity contribution >= 4 is 17.3 Å². The van der Waals surface area contributed by atoms with Crippen molar-refractivity contribution in [1.82, 2.24) is 15.5 Å². The highest BCUT2D eigenvalue weighted by Gasteiger charge is 2.22. The average molecular weight is 335 g/mol. The molecule has 23 heavy (non-hydrogen) atoms. The van der Waals surface area contributed by atoms with E-state index in [9.17, 15) is 0 Å². The minimum atomic E-state index is 0.695. The Morgan fingerprint density at radius 2 is 2.22 bits per heavy atom. The maximum atomic E-state index is 4.84. The van der Waals surface area contributed by atoms with Gasteiger partial charge in [-0.3, -0.25) is 9.89 Å². The second-order valence-corrected chi connectivity index (χ2v) is 7.90. The Balaban J connectivity index is 1.45. The molecule has 3 rings (SSSR count). The van der Waals surface area contributed by atoms with Crippen LogP contribution in [0, 0.1) is 11.8 Å². The fraction of sp³-hybridized carbons (Fsp3) is 0.722. The lowest BCUT2D eigenvalue weighted by molar-refractivity contribution is 0.172. The van der Waals surface area contributed by atoms with E-state index in [2.05, 4.69) is 40.0 Å². The number of piperidine rings is 1. The second-order valence-electron chi connectivity index (χ2n) is 6.87. The number of rotatable bonds is 7. The molecular weight excluding hydrogens is 304 g/mol. The second kappa shape index (κ2) is 8.69. The van der Waals surface area contributed by atoms with Crippen LogP contribution in [-0.2, 0) is 6.54 Å². The number of thiophene rings is 1. The normalized spacial score (nSPS) is 23.0. The van der Waals surface area contributed by atoms with Crippen LogP contribution in [0.25, 0.3) is 0 Å². The molecule has 1 atom stereocenters. The number of hydrogen-bond acceptors (Lipinski definition) is 3. The quantitative estimate of drug-likeness (QED) is 0.595. The van der Waals surface area contributed by atoms with Gasteiger partial charge in [-0.15, -0.1) is 11.3 Å². The molecule has 1 unspecified atom stereocenters. The third-order valence-electron chi connectivity index (χ3n) is 4.67. The molecule has 0 bridgehead atoms. The molecule has 1 aliphatic heterocycles. The lowest BCUT2D eigenvalue weighted by Crippen LogP contribution is -2.40. The van der Waals surface area contributed by atoms with Gasteiger partial charge in [-0.2, -0.15) is 0 Å². The minimum absolute atomic E-state index is 0.695. The molecular formula is C18H30N4S. The summed E-state index contributed by atoms with van der Waals surface area (Å²) < 4.78 is 0. The molecule has 4 nitrogen and oxygen atoms in total. The highest BCUT2D eigenvalue weighted by atomic mass is 32.1. The average Bonchev–Trinajstić information content (AvgIpc) is 3.26. The summed E-state index contributed by atoms with van der Waals surface area (Å²) in [6.45, 7) is 8.63. The van der Waals surface area contributed by atoms with Gasteiger partial charge >= 0.3 is 0 Å². The van der Waals surface area contributed by atoms with Crippen LogP contribution in [0.15, 0.2) is 22.5 Å². The molecule has 1 saturated carbocycles. The predicted octanol–water partition coefficient (Wildman–Crippen LogP) is 2.93. The van der Waals surface area contributed by atoms with Gasteiger partial charge in [-0.25, -0.2) is 0 Å². The zero-order valence-corrected chi connectivity index (χ0v) is 15.1. The topological polar surface area (TPSA) is 39.7 Å². The van der Waals surface area contributed by atoms with Gasteiger partial charge in [0, 0.05) is 37.6 Å². The van der Waals surface area contributed by atoms with E-state index < -0.39 is 0 Å². The standard InChI is InChI=1S/C18H30N4S/c1-2-19-18(20-11-15-7-8-15)21-12-16-5-3-9-22(13-16)14-17-6-4-10-23-17/h4,6,10,15-16H,2-3,5,7-9,11-14H2,1H3,(H2,19,20,21). The number of nitrogens with zero attached hydrogens (tertiary/aromatic N) is 2. The molecule has 1 saturated heterocycles. The number of likely N-dealkylation sites (tertiary alicyclic amines) is 1. The lowest BCUT2D eigenvalue weighted by atomic mass is 9.98. The zero-order chi connectivity index (χ0) is 15.9. The Bertz CT molecular complexity index is 481. The van der Waals surface area contributed by atoms with E-state index in [1.54, 1.807) is 0 Å². The van der Waals surface area contributed by atoms with Gasteiger partial charge in [0.2, 0.25) is 0 Å². The summed E-state index contributed by atoms with van der Waals surface area (Å²) in [6, 6.07) is 4.40. The monoisotopic (exact) mass is 334 g/mol. The van der Waals surface area contributed by atoms with E-state index in [4.69, 9.17) is 4.99 Å². The van der Waals surface area contributed by atoms with Gasteiger partial charge in [0.1, 0.15) is 0 Å². The van der Waals surface area contributed by atoms with E-state index in [1.165, 1.54) is 43.6 Å². The van der Waals surface area contributed by atoms with Crippen molar-refractivity contribution in [3.05, 3.63) is 22.4 Å². The molecule has 128 valence electrons. The molecule has 0 aromatic carbocycles. The molecule has 5 heteroatoms. The first-order valence-corrected chi connectivity index (χ1v) is 9.98. The van der Waals surface area contributed by atoms with Crippen LogP contribution in [0.3, 0.4) is 0 Å². The van der Waals surface area contributed by atoms with Crippen LogP contribution in [0.1, 0.15) is 37.5 Å². The van der Waals surface area contributed by atoms with Crippen molar-refractivity contribution in [3.8, 4) is 0 Å². The highest BCUT2D eigenvalue weighted by Crippen LogP contribution is 2.27. The Hall–Kier alpha value is -1.07. The van der Waals surface area contributed by atoms with E-state index >= 15 is 0 Å². The maximum absolute atomic E-state index is 4.84. The SMILES string of the molecule is CCNC(=NCC1CCCN(Cc2cccs2)C1)NCC1CC1.